The van der Waals surface area contributed by atoms with Crippen molar-refractivity contribution in [2.75, 3.05) is 0 Å². The number of benzene rings is 1. The zero-order valence-corrected chi connectivity index (χ0v) is 7.73. The molecule has 0 aliphatic heterocycles. The molecule has 0 unspecified atom stereocenters. The van der Waals surface area contributed by atoms with Gasteiger partial charge in [0, 0.05) is 12.6 Å². The van der Waals surface area contributed by atoms with Gasteiger partial charge in [-0.2, -0.15) is 0 Å². The lowest BCUT2D eigenvalue weighted by Gasteiger charge is -2.00. The van der Waals surface area contributed by atoms with E-state index in [0.717, 1.165) is 5.56 Å². The van der Waals surface area contributed by atoms with Gasteiger partial charge in [-0.05, 0) is 22.6 Å². The van der Waals surface area contributed by atoms with Crippen LogP contribution in [-0.4, -0.2) is 20.2 Å². The van der Waals surface area contributed by atoms with Crippen molar-refractivity contribution in [2.24, 2.45) is 7.05 Å². The fraction of sp³-hybridized carbons (Fsp3) is 0.125. The average molecular weight is 195 g/mol. The second-order valence-electron chi connectivity index (χ2n) is 2.61. The first-order valence-electron chi connectivity index (χ1n) is 3.76. The minimum atomic E-state index is 0.653. The summed E-state index contributed by atoms with van der Waals surface area (Å²) in [5, 5.41) is 11.8. The van der Waals surface area contributed by atoms with Gasteiger partial charge >= 0.3 is 0 Å². The molecule has 0 saturated carbocycles. The van der Waals surface area contributed by atoms with Crippen LogP contribution in [0.4, 0.5) is 0 Å². The van der Waals surface area contributed by atoms with E-state index in [1.807, 2.05) is 24.3 Å². The van der Waals surface area contributed by atoms with Gasteiger partial charge in [0.25, 0.3) is 0 Å². The SMILES string of the molecule is Cn1nnnc1-c1ccccc1Cl. The van der Waals surface area contributed by atoms with Crippen LogP contribution in [0.1, 0.15) is 0 Å². The van der Waals surface area contributed by atoms with E-state index in [1.54, 1.807) is 11.7 Å². The molecule has 0 atom stereocenters. The van der Waals surface area contributed by atoms with Crippen LogP contribution in [0.15, 0.2) is 24.3 Å². The summed E-state index contributed by atoms with van der Waals surface area (Å²) in [5.74, 6) is 0.672. The molecule has 0 N–H and O–H groups in total. The van der Waals surface area contributed by atoms with Crippen molar-refractivity contribution in [1.29, 1.82) is 0 Å². The summed E-state index contributed by atoms with van der Waals surface area (Å²) >= 11 is 5.98. The standard InChI is InChI=1S/C8H7ClN4/c1-13-8(10-11-12-13)6-4-2-3-5-7(6)9/h2-5H,1H3. The smallest absolute Gasteiger partial charge is 0.183 e. The average Bonchev–Trinajstić information content (AvgIpc) is 2.52. The Hall–Kier alpha value is -1.42. The minimum Gasteiger partial charge on any atom is -0.229 e. The summed E-state index contributed by atoms with van der Waals surface area (Å²) in [6.45, 7) is 0. The Morgan fingerprint density at radius 1 is 1.31 bits per heavy atom. The third-order valence-electron chi connectivity index (χ3n) is 1.73. The lowest BCUT2D eigenvalue weighted by molar-refractivity contribution is 0.715. The second-order valence-corrected chi connectivity index (χ2v) is 3.01. The van der Waals surface area contributed by atoms with Gasteiger partial charge in [0.2, 0.25) is 0 Å². The molecule has 0 aliphatic rings. The highest BCUT2D eigenvalue weighted by atomic mass is 35.5. The molecule has 2 aromatic rings. The van der Waals surface area contributed by atoms with E-state index in [4.69, 9.17) is 11.6 Å². The van der Waals surface area contributed by atoms with Crippen molar-refractivity contribution < 1.29 is 0 Å². The first-order valence-corrected chi connectivity index (χ1v) is 4.14. The molecule has 0 fully saturated rings. The number of nitrogens with zero attached hydrogens (tertiary/aromatic N) is 4. The van der Waals surface area contributed by atoms with Gasteiger partial charge in [0.1, 0.15) is 0 Å². The third-order valence-corrected chi connectivity index (χ3v) is 2.06. The molecule has 0 aliphatic carbocycles. The Balaban J connectivity index is 2.59. The molecule has 0 radical (unpaired) electrons. The maximum atomic E-state index is 5.98. The molecule has 66 valence electrons. The third kappa shape index (κ3) is 1.40. The van der Waals surface area contributed by atoms with E-state index in [0.29, 0.717) is 10.8 Å². The molecule has 4 nitrogen and oxygen atoms in total. The Morgan fingerprint density at radius 3 is 2.69 bits per heavy atom. The monoisotopic (exact) mass is 194 g/mol. The highest BCUT2D eigenvalue weighted by molar-refractivity contribution is 6.33. The summed E-state index contributed by atoms with van der Waals surface area (Å²) in [4.78, 5) is 0. The van der Waals surface area contributed by atoms with Gasteiger partial charge in [0.15, 0.2) is 5.82 Å². The molecule has 5 heteroatoms. The van der Waals surface area contributed by atoms with E-state index < -0.39 is 0 Å². The molecule has 0 amide bonds. The maximum absolute atomic E-state index is 5.98. The zero-order chi connectivity index (χ0) is 9.26. The highest BCUT2D eigenvalue weighted by Crippen LogP contribution is 2.24. The van der Waals surface area contributed by atoms with Crippen LogP contribution in [-0.2, 0) is 7.05 Å². The predicted molar refractivity (Wildman–Crippen MR) is 49.2 cm³/mol. The first kappa shape index (κ1) is 8.19. The molecule has 0 saturated heterocycles. The molecule has 0 spiro atoms. The molecular formula is C8H7ClN4. The van der Waals surface area contributed by atoms with Crippen molar-refractivity contribution in [3.05, 3.63) is 29.3 Å². The second kappa shape index (κ2) is 3.14. The van der Waals surface area contributed by atoms with Gasteiger partial charge in [0.05, 0.1) is 5.02 Å². The van der Waals surface area contributed by atoms with Crippen molar-refractivity contribution in [2.45, 2.75) is 0 Å². The maximum Gasteiger partial charge on any atom is 0.183 e. The van der Waals surface area contributed by atoms with Crippen LogP contribution < -0.4 is 0 Å². The van der Waals surface area contributed by atoms with Crippen LogP contribution in [0.5, 0.6) is 0 Å². The van der Waals surface area contributed by atoms with Crippen molar-refractivity contribution in [3.8, 4) is 11.4 Å². The van der Waals surface area contributed by atoms with Gasteiger partial charge in [-0.1, -0.05) is 23.7 Å². The van der Waals surface area contributed by atoms with Gasteiger partial charge in [-0.3, -0.25) is 0 Å². The predicted octanol–water partition coefficient (Wildman–Crippen LogP) is 1.53. The first-order chi connectivity index (χ1) is 6.29. The quantitative estimate of drug-likeness (QED) is 0.692. The molecule has 2 rings (SSSR count). The summed E-state index contributed by atoms with van der Waals surface area (Å²) in [6.07, 6.45) is 0. The van der Waals surface area contributed by atoms with Crippen LogP contribution in [0.3, 0.4) is 0 Å². The zero-order valence-electron chi connectivity index (χ0n) is 6.98. The number of hydrogen-bond acceptors (Lipinski definition) is 3. The lowest BCUT2D eigenvalue weighted by Crippen LogP contribution is -1.94. The highest BCUT2D eigenvalue weighted by Gasteiger charge is 2.08. The van der Waals surface area contributed by atoms with Crippen LogP contribution in [0.2, 0.25) is 5.02 Å². The van der Waals surface area contributed by atoms with Gasteiger partial charge < -0.3 is 0 Å². The van der Waals surface area contributed by atoms with Gasteiger partial charge in [-0.15, -0.1) is 5.10 Å². The fourth-order valence-electron chi connectivity index (χ4n) is 1.10. The fourth-order valence-corrected chi connectivity index (χ4v) is 1.32. The van der Waals surface area contributed by atoms with E-state index >= 15 is 0 Å². The number of aryl methyl sites for hydroxylation is 1. The van der Waals surface area contributed by atoms with E-state index in [-0.39, 0.29) is 0 Å². The Labute approximate surface area is 80.1 Å². The number of halogens is 1. The number of rotatable bonds is 1. The van der Waals surface area contributed by atoms with E-state index in [9.17, 15) is 0 Å². The molecular weight excluding hydrogens is 188 g/mol. The lowest BCUT2D eigenvalue weighted by atomic mass is 10.2. The molecule has 1 heterocycles. The van der Waals surface area contributed by atoms with Crippen molar-refractivity contribution >= 4 is 11.6 Å². The number of hydrogen-bond donors (Lipinski definition) is 0. The van der Waals surface area contributed by atoms with E-state index in [1.165, 1.54) is 0 Å². The van der Waals surface area contributed by atoms with Crippen molar-refractivity contribution in [1.82, 2.24) is 20.2 Å². The Bertz CT molecular complexity index is 424. The minimum absolute atomic E-state index is 0.653. The molecule has 1 aromatic heterocycles. The molecule has 0 bridgehead atoms. The Kier molecular flexibility index (Phi) is 1.98. The summed E-state index contributed by atoms with van der Waals surface area (Å²) in [5.41, 5.74) is 0.844. The largest absolute Gasteiger partial charge is 0.229 e. The number of tetrazole rings is 1. The number of aromatic nitrogens is 4. The van der Waals surface area contributed by atoms with Crippen LogP contribution in [0.25, 0.3) is 11.4 Å². The van der Waals surface area contributed by atoms with Crippen molar-refractivity contribution in [3.63, 3.8) is 0 Å². The summed E-state index contributed by atoms with van der Waals surface area (Å²) in [7, 11) is 1.78. The summed E-state index contributed by atoms with van der Waals surface area (Å²) in [6, 6.07) is 7.46. The van der Waals surface area contributed by atoms with Gasteiger partial charge in [-0.25, -0.2) is 4.68 Å². The van der Waals surface area contributed by atoms with Crippen LogP contribution >= 0.6 is 11.6 Å². The van der Waals surface area contributed by atoms with E-state index in [2.05, 4.69) is 15.5 Å². The topological polar surface area (TPSA) is 43.6 Å². The van der Waals surface area contributed by atoms with Crippen LogP contribution in [0, 0.1) is 0 Å². The summed E-state index contributed by atoms with van der Waals surface area (Å²) < 4.78 is 1.58. The Morgan fingerprint density at radius 2 is 2.08 bits per heavy atom. The molecule has 1 aromatic carbocycles. The normalized spacial score (nSPS) is 10.3. The molecule has 13 heavy (non-hydrogen) atoms.